The zero-order chi connectivity index (χ0) is 9.26. The molecular weight excluding hydrogens is 160 g/mol. The normalized spacial score (nSPS) is 10.3. The predicted octanol–water partition coefficient (Wildman–Crippen LogP) is 2.29. The van der Waals surface area contributed by atoms with Crippen LogP contribution in [-0.2, 0) is 0 Å². The molecular formula is C11H11N2. The number of rotatable bonds is 1. The van der Waals surface area contributed by atoms with Crippen LogP contribution in [0.25, 0.3) is 5.69 Å². The Morgan fingerprint density at radius 1 is 1.23 bits per heavy atom. The Kier molecular flexibility index (Phi) is 1.89. The van der Waals surface area contributed by atoms with Crippen molar-refractivity contribution in [2.24, 2.45) is 0 Å². The molecule has 2 aromatic rings. The van der Waals surface area contributed by atoms with Gasteiger partial charge in [0.2, 0.25) is 0 Å². The Bertz CT molecular complexity index is 401. The minimum absolute atomic E-state index is 1.05. The molecule has 1 heterocycles. The van der Waals surface area contributed by atoms with E-state index in [1.807, 2.05) is 35.9 Å². The summed E-state index contributed by atoms with van der Waals surface area (Å²) >= 11 is 0. The van der Waals surface area contributed by atoms with Gasteiger partial charge in [0, 0.05) is 5.69 Å². The SMILES string of the molecule is Cc1cc(C)n(-c2cc[c]cc2)n1. The topological polar surface area (TPSA) is 17.8 Å². The molecule has 1 radical (unpaired) electrons. The van der Waals surface area contributed by atoms with Gasteiger partial charge in [-0.25, -0.2) is 4.68 Å². The molecule has 0 N–H and O–H groups in total. The van der Waals surface area contributed by atoms with Gasteiger partial charge in [-0.15, -0.1) is 0 Å². The van der Waals surface area contributed by atoms with Crippen LogP contribution in [0, 0.1) is 19.9 Å². The van der Waals surface area contributed by atoms with Gasteiger partial charge in [-0.2, -0.15) is 5.10 Å². The molecule has 0 bridgehead atoms. The maximum absolute atomic E-state index is 4.38. The van der Waals surface area contributed by atoms with E-state index in [0.717, 1.165) is 17.1 Å². The number of nitrogens with zero attached hydrogens (tertiary/aromatic N) is 2. The van der Waals surface area contributed by atoms with Gasteiger partial charge in [-0.1, -0.05) is 12.1 Å². The van der Waals surface area contributed by atoms with E-state index in [1.54, 1.807) is 0 Å². The molecule has 0 saturated heterocycles. The Labute approximate surface area is 77.8 Å². The summed E-state index contributed by atoms with van der Waals surface area (Å²) in [5.41, 5.74) is 3.29. The minimum atomic E-state index is 1.05. The quantitative estimate of drug-likeness (QED) is 0.643. The Morgan fingerprint density at radius 3 is 2.46 bits per heavy atom. The summed E-state index contributed by atoms with van der Waals surface area (Å²) in [5, 5.41) is 4.38. The average molecular weight is 171 g/mol. The molecule has 2 rings (SSSR count). The molecule has 0 spiro atoms. The van der Waals surface area contributed by atoms with Crippen LogP contribution in [0.15, 0.2) is 30.3 Å². The second-order valence-electron chi connectivity index (χ2n) is 3.10. The van der Waals surface area contributed by atoms with E-state index in [2.05, 4.69) is 24.2 Å². The third kappa shape index (κ3) is 1.47. The summed E-state index contributed by atoms with van der Waals surface area (Å²) in [6.07, 6.45) is 0. The second kappa shape index (κ2) is 3.05. The summed E-state index contributed by atoms with van der Waals surface area (Å²) in [7, 11) is 0. The summed E-state index contributed by atoms with van der Waals surface area (Å²) in [6.45, 7) is 4.05. The van der Waals surface area contributed by atoms with Crippen molar-refractivity contribution in [3.8, 4) is 5.69 Å². The van der Waals surface area contributed by atoms with Crippen molar-refractivity contribution >= 4 is 0 Å². The van der Waals surface area contributed by atoms with Crippen molar-refractivity contribution in [2.45, 2.75) is 13.8 Å². The van der Waals surface area contributed by atoms with Crippen molar-refractivity contribution in [3.05, 3.63) is 47.8 Å². The molecule has 1 aromatic heterocycles. The van der Waals surface area contributed by atoms with E-state index in [9.17, 15) is 0 Å². The number of hydrogen-bond donors (Lipinski definition) is 0. The van der Waals surface area contributed by atoms with E-state index in [4.69, 9.17) is 0 Å². The highest BCUT2D eigenvalue weighted by molar-refractivity contribution is 5.32. The molecule has 0 aliphatic carbocycles. The fraction of sp³-hybridized carbons (Fsp3) is 0.182. The molecule has 0 unspecified atom stereocenters. The summed E-state index contributed by atoms with van der Waals surface area (Å²) in [5.74, 6) is 0. The highest BCUT2D eigenvalue weighted by Gasteiger charge is 2.01. The fourth-order valence-electron chi connectivity index (χ4n) is 1.41. The maximum atomic E-state index is 4.38. The van der Waals surface area contributed by atoms with E-state index < -0.39 is 0 Å². The number of aromatic nitrogens is 2. The van der Waals surface area contributed by atoms with Gasteiger partial charge in [0.1, 0.15) is 0 Å². The summed E-state index contributed by atoms with van der Waals surface area (Å²) in [4.78, 5) is 0. The van der Waals surface area contributed by atoms with E-state index in [0.29, 0.717) is 0 Å². The van der Waals surface area contributed by atoms with Crippen LogP contribution in [0.3, 0.4) is 0 Å². The van der Waals surface area contributed by atoms with Crippen LogP contribution >= 0.6 is 0 Å². The van der Waals surface area contributed by atoms with E-state index in [-0.39, 0.29) is 0 Å². The first-order chi connectivity index (χ1) is 6.27. The highest BCUT2D eigenvalue weighted by Crippen LogP contribution is 2.10. The van der Waals surface area contributed by atoms with Gasteiger partial charge >= 0.3 is 0 Å². The van der Waals surface area contributed by atoms with E-state index >= 15 is 0 Å². The third-order valence-electron chi connectivity index (χ3n) is 1.95. The molecule has 0 fully saturated rings. The lowest BCUT2D eigenvalue weighted by Crippen LogP contribution is -1.97. The average Bonchev–Trinajstić information content (AvgIpc) is 2.47. The molecule has 13 heavy (non-hydrogen) atoms. The molecule has 0 aliphatic heterocycles. The first kappa shape index (κ1) is 8.05. The van der Waals surface area contributed by atoms with Gasteiger partial charge in [-0.3, -0.25) is 0 Å². The Hall–Kier alpha value is -1.57. The lowest BCUT2D eigenvalue weighted by Gasteiger charge is -2.02. The molecule has 0 amide bonds. The van der Waals surface area contributed by atoms with Crippen LogP contribution in [0.1, 0.15) is 11.4 Å². The molecule has 65 valence electrons. The second-order valence-corrected chi connectivity index (χ2v) is 3.10. The zero-order valence-electron chi connectivity index (χ0n) is 7.78. The first-order valence-electron chi connectivity index (χ1n) is 4.27. The molecule has 0 atom stereocenters. The number of aryl methyl sites for hydroxylation is 2. The van der Waals surface area contributed by atoms with Crippen LogP contribution in [0.5, 0.6) is 0 Å². The van der Waals surface area contributed by atoms with Crippen molar-refractivity contribution in [1.82, 2.24) is 9.78 Å². The zero-order valence-corrected chi connectivity index (χ0v) is 7.78. The largest absolute Gasteiger partial charge is 0.238 e. The Balaban J connectivity index is 2.53. The Morgan fingerprint density at radius 2 is 1.92 bits per heavy atom. The number of benzene rings is 1. The maximum Gasteiger partial charge on any atom is 0.0649 e. The minimum Gasteiger partial charge on any atom is -0.238 e. The fourth-order valence-corrected chi connectivity index (χ4v) is 1.41. The lowest BCUT2D eigenvalue weighted by molar-refractivity contribution is 0.833. The van der Waals surface area contributed by atoms with Gasteiger partial charge in [-0.05, 0) is 38.1 Å². The molecule has 0 aliphatic rings. The monoisotopic (exact) mass is 171 g/mol. The summed E-state index contributed by atoms with van der Waals surface area (Å²) < 4.78 is 1.93. The molecule has 2 nitrogen and oxygen atoms in total. The third-order valence-corrected chi connectivity index (χ3v) is 1.95. The van der Waals surface area contributed by atoms with Crippen molar-refractivity contribution in [2.75, 3.05) is 0 Å². The predicted molar refractivity (Wildman–Crippen MR) is 51.9 cm³/mol. The van der Waals surface area contributed by atoms with Crippen LogP contribution in [-0.4, -0.2) is 9.78 Å². The van der Waals surface area contributed by atoms with Crippen molar-refractivity contribution < 1.29 is 0 Å². The number of hydrogen-bond acceptors (Lipinski definition) is 1. The van der Waals surface area contributed by atoms with Gasteiger partial charge < -0.3 is 0 Å². The van der Waals surface area contributed by atoms with Crippen LogP contribution < -0.4 is 0 Å². The lowest BCUT2D eigenvalue weighted by atomic mass is 10.3. The smallest absolute Gasteiger partial charge is 0.0649 e. The standard InChI is InChI=1S/C11H11N2/c1-9-8-10(2)13(12-9)11-6-4-3-5-7-11/h4-8H,1-2H3. The van der Waals surface area contributed by atoms with E-state index in [1.165, 1.54) is 0 Å². The molecule has 2 heteroatoms. The van der Waals surface area contributed by atoms with Gasteiger partial charge in [0.15, 0.2) is 0 Å². The van der Waals surface area contributed by atoms with Crippen LogP contribution in [0.4, 0.5) is 0 Å². The first-order valence-corrected chi connectivity index (χ1v) is 4.27. The van der Waals surface area contributed by atoms with Crippen molar-refractivity contribution in [3.63, 3.8) is 0 Å². The summed E-state index contributed by atoms with van der Waals surface area (Å²) in [6, 6.07) is 12.8. The van der Waals surface area contributed by atoms with Crippen LogP contribution in [0.2, 0.25) is 0 Å². The van der Waals surface area contributed by atoms with Gasteiger partial charge in [0.25, 0.3) is 0 Å². The molecule has 1 aromatic carbocycles. The highest BCUT2D eigenvalue weighted by atomic mass is 15.3. The van der Waals surface area contributed by atoms with Gasteiger partial charge in [0.05, 0.1) is 11.4 Å². The molecule has 0 saturated carbocycles. The van der Waals surface area contributed by atoms with Crippen molar-refractivity contribution in [1.29, 1.82) is 0 Å².